The zero-order valence-electron chi connectivity index (χ0n) is 9.94. The smallest absolute Gasteiger partial charge is 0.179 e. The number of thiophene rings is 1. The number of likely N-dealkylation sites (N-methyl/N-ethyl adjacent to an activating group) is 1. The minimum absolute atomic E-state index is 0.0227. The predicted molar refractivity (Wildman–Crippen MR) is 75.9 cm³/mol. The highest BCUT2D eigenvalue weighted by Crippen LogP contribution is 2.31. The summed E-state index contributed by atoms with van der Waals surface area (Å²) in [6.07, 6.45) is 1.16. The summed E-state index contributed by atoms with van der Waals surface area (Å²) in [4.78, 5) is 13.5. The van der Waals surface area contributed by atoms with Crippen molar-refractivity contribution >= 4 is 50.2 Å². The van der Waals surface area contributed by atoms with Crippen LogP contribution in [0.3, 0.4) is 0 Å². The first-order chi connectivity index (χ1) is 8.19. The minimum atomic E-state index is -3.02. The molecule has 1 heterocycles. The van der Waals surface area contributed by atoms with Crippen LogP contribution in [0.1, 0.15) is 10.4 Å². The second kappa shape index (κ2) is 6.34. The first kappa shape index (κ1) is 15.9. The summed E-state index contributed by atoms with van der Waals surface area (Å²) < 4.78 is 22.8. The molecule has 0 N–H and O–H groups in total. The monoisotopic (exact) mass is 329 g/mol. The number of hydrogen-bond acceptors (Lipinski definition) is 5. The van der Waals surface area contributed by atoms with Gasteiger partial charge in [-0.15, -0.1) is 11.3 Å². The average Bonchev–Trinajstić information content (AvgIpc) is 2.54. The van der Waals surface area contributed by atoms with Gasteiger partial charge in [0.05, 0.1) is 22.2 Å². The molecule has 0 aliphatic rings. The molecule has 0 fully saturated rings. The molecule has 0 aromatic carbocycles. The van der Waals surface area contributed by atoms with E-state index in [1.807, 2.05) is 0 Å². The number of rotatable bonds is 6. The second-order valence-electron chi connectivity index (χ2n) is 4.03. The van der Waals surface area contributed by atoms with Crippen molar-refractivity contribution < 1.29 is 13.2 Å². The van der Waals surface area contributed by atoms with Gasteiger partial charge in [-0.3, -0.25) is 9.69 Å². The third kappa shape index (κ3) is 5.24. The van der Waals surface area contributed by atoms with Crippen molar-refractivity contribution in [2.45, 2.75) is 0 Å². The molecular weight excluding hydrogens is 317 g/mol. The molecule has 0 unspecified atom stereocenters. The number of carbonyl (C=O) groups is 1. The van der Waals surface area contributed by atoms with Crippen LogP contribution in [0.15, 0.2) is 6.07 Å². The lowest BCUT2D eigenvalue weighted by Gasteiger charge is -2.14. The number of hydrogen-bond donors (Lipinski definition) is 0. The van der Waals surface area contributed by atoms with Crippen molar-refractivity contribution in [3.8, 4) is 0 Å². The molecule has 18 heavy (non-hydrogen) atoms. The Labute approximate surface area is 120 Å². The molecule has 0 spiro atoms. The van der Waals surface area contributed by atoms with E-state index in [9.17, 15) is 13.2 Å². The summed E-state index contributed by atoms with van der Waals surface area (Å²) in [7, 11) is -1.34. The van der Waals surface area contributed by atoms with E-state index in [2.05, 4.69) is 0 Å². The van der Waals surface area contributed by atoms with Crippen LogP contribution in [0, 0.1) is 0 Å². The van der Waals surface area contributed by atoms with E-state index in [-0.39, 0.29) is 18.1 Å². The molecule has 4 nitrogen and oxygen atoms in total. The summed E-state index contributed by atoms with van der Waals surface area (Å²) in [6.45, 7) is 0.419. The summed E-state index contributed by atoms with van der Waals surface area (Å²) in [5.74, 6) is -0.145. The van der Waals surface area contributed by atoms with Crippen LogP contribution in [0.5, 0.6) is 0 Å². The zero-order valence-corrected chi connectivity index (χ0v) is 13.1. The Kier molecular flexibility index (Phi) is 5.61. The number of carbonyl (C=O) groups excluding carboxylic acids is 1. The first-order valence-corrected chi connectivity index (χ1v) is 8.66. The fourth-order valence-electron chi connectivity index (χ4n) is 1.26. The Hall–Kier alpha value is -0.140. The third-order valence-electron chi connectivity index (χ3n) is 2.21. The van der Waals surface area contributed by atoms with E-state index in [0.717, 1.165) is 17.6 Å². The Bertz CT molecular complexity index is 539. The van der Waals surface area contributed by atoms with Gasteiger partial charge < -0.3 is 0 Å². The predicted octanol–water partition coefficient (Wildman–Crippen LogP) is 2.21. The number of Topliss-reactive ketones (excluding diaryl/α,β-unsaturated/α-hetero) is 1. The topological polar surface area (TPSA) is 54.5 Å². The van der Waals surface area contributed by atoms with Crippen molar-refractivity contribution in [1.82, 2.24) is 4.90 Å². The molecular formula is C10H13Cl2NO3S2. The van der Waals surface area contributed by atoms with Gasteiger partial charge in [-0.25, -0.2) is 8.42 Å². The van der Waals surface area contributed by atoms with Crippen molar-refractivity contribution in [2.75, 3.05) is 32.1 Å². The largest absolute Gasteiger partial charge is 0.298 e. The molecule has 0 amide bonds. The average molecular weight is 330 g/mol. The van der Waals surface area contributed by atoms with E-state index in [0.29, 0.717) is 20.8 Å². The lowest BCUT2D eigenvalue weighted by molar-refractivity contribution is 0.0949. The van der Waals surface area contributed by atoms with Gasteiger partial charge in [0, 0.05) is 12.8 Å². The first-order valence-electron chi connectivity index (χ1n) is 5.03. The lowest BCUT2D eigenvalue weighted by atomic mass is 10.2. The normalized spacial score (nSPS) is 12.1. The highest BCUT2D eigenvalue weighted by atomic mass is 35.5. The van der Waals surface area contributed by atoms with Crippen LogP contribution in [0.4, 0.5) is 0 Å². The second-order valence-corrected chi connectivity index (χ2v) is 8.57. The molecule has 0 saturated carbocycles. The van der Waals surface area contributed by atoms with E-state index in [4.69, 9.17) is 23.2 Å². The molecule has 0 bridgehead atoms. The van der Waals surface area contributed by atoms with Crippen molar-refractivity contribution in [3.05, 3.63) is 20.3 Å². The van der Waals surface area contributed by atoms with Gasteiger partial charge in [-0.2, -0.15) is 0 Å². The molecule has 102 valence electrons. The van der Waals surface area contributed by atoms with Gasteiger partial charge in [0.1, 0.15) is 14.2 Å². The van der Waals surface area contributed by atoms with Gasteiger partial charge in [-0.1, -0.05) is 23.2 Å². The quantitative estimate of drug-likeness (QED) is 0.751. The van der Waals surface area contributed by atoms with Crippen molar-refractivity contribution in [3.63, 3.8) is 0 Å². The maximum Gasteiger partial charge on any atom is 0.179 e. The molecule has 1 rings (SSSR count). The van der Waals surface area contributed by atoms with Crippen LogP contribution in [-0.4, -0.2) is 51.2 Å². The Morgan fingerprint density at radius 3 is 2.50 bits per heavy atom. The minimum Gasteiger partial charge on any atom is -0.298 e. The summed E-state index contributed by atoms with van der Waals surface area (Å²) in [5, 5.41) is 0. The standard InChI is InChI=1S/C10H13Cl2NO3S2/c1-13(3-4-18(2,15)16)6-8(14)7-5-9(11)17-10(7)12/h5H,3-4,6H2,1-2H3. The zero-order chi connectivity index (χ0) is 13.9. The van der Waals surface area contributed by atoms with E-state index in [1.54, 1.807) is 11.9 Å². The molecule has 0 atom stereocenters. The molecule has 1 aromatic heterocycles. The maximum absolute atomic E-state index is 11.9. The molecule has 0 aliphatic carbocycles. The Morgan fingerprint density at radius 2 is 2.06 bits per heavy atom. The summed E-state index contributed by atoms with van der Waals surface area (Å²) in [5.41, 5.74) is 0.387. The molecule has 0 radical (unpaired) electrons. The fraction of sp³-hybridized carbons (Fsp3) is 0.500. The highest BCUT2D eigenvalue weighted by molar-refractivity contribution is 7.90. The summed E-state index contributed by atoms with van der Waals surface area (Å²) >= 11 is 12.8. The summed E-state index contributed by atoms with van der Waals surface area (Å²) in [6, 6.07) is 1.53. The van der Waals surface area contributed by atoms with Gasteiger partial charge in [0.25, 0.3) is 0 Å². The van der Waals surface area contributed by atoms with E-state index < -0.39 is 9.84 Å². The fourth-order valence-corrected chi connectivity index (χ4v) is 3.40. The molecule has 0 aliphatic heterocycles. The Balaban J connectivity index is 2.57. The lowest BCUT2D eigenvalue weighted by Crippen LogP contribution is -2.30. The van der Waals surface area contributed by atoms with Crippen LogP contribution >= 0.6 is 34.5 Å². The third-order valence-corrected chi connectivity index (χ3v) is 4.63. The van der Waals surface area contributed by atoms with Gasteiger partial charge in [0.2, 0.25) is 0 Å². The molecule has 1 aromatic rings. The van der Waals surface area contributed by atoms with E-state index >= 15 is 0 Å². The Morgan fingerprint density at radius 1 is 1.44 bits per heavy atom. The highest BCUT2D eigenvalue weighted by Gasteiger charge is 2.16. The number of nitrogens with zero attached hydrogens (tertiary/aromatic N) is 1. The SMILES string of the molecule is CN(CCS(C)(=O)=O)CC(=O)c1cc(Cl)sc1Cl. The molecule has 8 heteroatoms. The van der Waals surface area contributed by atoms with Crippen LogP contribution < -0.4 is 0 Å². The van der Waals surface area contributed by atoms with Crippen LogP contribution in [0.2, 0.25) is 8.67 Å². The van der Waals surface area contributed by atoms with Crippen LogP contribution in [-0.2, 0) is 9.84 Å². The van der Waals surface area contributed by atoms with Gasteiger partial charge in [0.15, 0.2) is 5.78 Å². The van der Waals surface area contributed by atoms with E-state index in [1.165, 1.54) is 6.07 Å². The van der Waals surface area contributed by atoms with Gasteiger partial charge >= 0.3 is 0 Å². The van der Waals surface area contributed by atoms with Gasteiger partial charge in [-0.05, 0) is 13.1 Å². The molecule has 0 saturated heterocycles. The van der Waals surface area contributed by atoms with Crippen LogP contribution in [0.25, 0.3) is 0 Å². The maximum atomic E-state index is 11.9. The van der Waals surface area contributed by atoms with Crippen molar-refractivity contribution in [1.29, 1.82) is 0 Å². The van der Waals surface area contributed by atoms with Crippen molar-refractivity contribution in [2.24, 2.45) is 0 Å². The number of sulfone groups is 1. The number of halogens is 2. The number of ketones is 1.